The summed E-state index contributed by atoms with van der Waals surface area (Å²) in [6, 6.07) is 15.1. The van der Waals surface area contributed by atoms with E-state index in [2.05, 4.69) is 0 Å². The van der Waals surface area contributed by atoms with Crippen LogP contribution in [0.5, 0.6) is 11.5 Å². The SMILES string of the molecule is CN(c1cc2ccccc2cc1O)c1ccc(O)cc1C(=O)O. The van der Waals surface area contributed by atoms with Gasteiger partial charge in [-0.3, -0.25) is 0 Å². The van der Waals surface area contributed by atoms with Crippen molar-refractivity contribution in [2.24, 2.45) is 0 Å². The van der Waals surface area contributed by atoms with Gasteiger partial charge in [-0.05, 0) is 41.1 Å². The Morgan fingerprint density at radius 3 is 2.22 bits per heavy atom. The van der Waals surface area contributed by atoms with Gasteiger partial charge in [0.15, 0.2) is 0 Å². The molecule has 3 aromatic rings. The highest BCUT2D eigenvalue weighted by Crippen LogP contribution is 2.37. The number of carbonyl (C=O) groups is 1. The summed E-state index contributed by atoms with van der Waals surface area (Å²) in [7, 11) is 1.67. The van der Waals surface area contributed by atoms with Gasteiger partial charge in [0.05, 0.1) is 16.9 Å². The Morgan fingerprint density at radius 1 is 0.913 bits per heavy atom. The largest absolute Gasteiger partial charge is 0.508 e. The number of nitrogens with zero attached hydrogens (tertiary/aromatic N) is 1. The van der Waals surface area contributed by atoms with Crippen molar-refractivity contribution in [2.75, 3.05) is 11.9 Å². The van der Waals surface area contributed by atoms with Crippen LogP contribution < -0.4 is 4.90 Å². The molecule has 0 aliphatic carbocycles. The fraction of sp³-hybridized carbons (Fsp3) is 0.0556. The number of rotatable bonds is 3. The zero-order chi connectivity index (χ0) is 16.6. The zero-order valence-electron chi connectivity index (χ0n) is 12.4. The molecule has 0 saturated heterocycles. The van der Waals surface area contributed by atoms with E-state index in [0.717, 1.165) is 10.8 Å². The van der Waals surface area contributed by atoms with Crippen LogP contribution in [0.2, 0.25) is 0 Å². The molecule has 3 rings (SSSR count). The number of hydrogen-bond donors (Lipinski definition) is 3. The average Bonchev–Trinajstić information content (AvgIpc) is 2.53. The number of phenols is 2. The third kappa shape index (κ3) is 2.64. The lowest BCUT2D eigenvalue weighted by Crippen LogP contribution is -2.14. The second-order valence-electron chi connectivity index (χ2n) is 5.25. The Hall–Kier alpha value is -3.21. The molecule has 3 aromatic carbocycles. The molecule has 0 amide bonds. The first-order valence-corrected chi connectivity index (χ1v) is 6.99. The van der Waals surface area contributed by atoms with Gasteiger partial charge in [0.1, 0.15) is 11.5 Å². The maximum absolute atomic E-state index is 11.4. The Balaban J connectivity index is 2.16. The van der Waals surface area contributed by atoms with E-state index in [9.17, 15) is 20.1 Å². The number of aromatic hydroxyl groups is 2. The molecule has 5 heteroatoms. The van der Waals surface area contributed by atoms with Crippen molar-refractivity contribution in [1.29, 1.82) is 0 Å². The second kappa shape index (κ2) is 5.53. The van der Waals surface area contributed by atoms with E-state index in [0.29, 0.717) is 11.4 Å². The highest BCUT2D eigenvalue weighted by Gasteiger charge is 2.18. The molecule has 0 aliphatic heterocycles. The van der Waals surface area contributed by atoms with Gasteiger partial charge in [-0.25, -0.2) is 4.79 Å². The molecule has 0 heterocycles. The van der Waals surface area contributed by atoms with Crippen LogP contribution in [0.3, 0.4) is 0 Å². The van der Waals surface area contributed by atoms with Crippen molar-refractivity contribution in [3.63, 3.8) is 0 Å². The van der Waals surface area contributed by atoms with E-state index >= 15 is 0 Å². The van der Waals surface area contributed by atoms with Crippen LogP contribution in [0.25, 0.3) is 10.8 Å². The summed E-state index contributed by atoms with van der Waals surface area (Å²) in [5.41, 5.74) is 0.817. The van der Waals surface area contributed by atoms with Gasteiger partial charge < -0.3 is 20.2 Å². The molecule has 0 unspecified atom stereocenters. The van der Waals surface area contributed by atoms with Crippen LogP contribution in [-0.2, 0) is 0 Å². The minimum absolute atomic E-state index is 0.0416. The normalized spacial score (nSPS) is 10.7. The Labute approximate surface area is 132 Å². The number of fused-ring (bicyclic) bond motifs is 1. The molecule has 0 bridgehead atoms. The number of benzene rings is 3. The van der Waals surface area contributed by atoms with E-state index < -0.39 is 5.97 Å². The molecule has 0 aromatic heterocycles. The lowest BCUT2D eigenvalue weighted by molar-refractivity contribution is 0.0697. The molecule has 0 spiro atoms. The first-order valence-electron chi connectivity index (χ1n) is 6.99. The van der Waals surface area contributed by atoms with Crippen molar-refractivity contribution in [2.45, 2.75) is 0 Å². The number of phenolic OH excluding ortho intramolecular Hbond substituents is 2. The Bertz CT molecular complexity index is 905. The lowest BCUT2D eigenvalue weighted by atomic mass is 10.1. The molecule has 5 nitrogen and oxygen atoms in total. The maximum Gasteiger partial charge on any atom is 0.337 e. The number of anilines is 2. The third-order valence-electron chi connectivity index (χ3n) is 3.78. The molecule has 0 atom stereocenters. The van der Waals surface area contributed by atoms with Crippen LogP contribution in [0, 0.1) is 0 Å². The second-order valence-corrected chi connectivity index (χ2v) is 5.25. The van der Waals surface area contributed by atoms with Crippen molar-refractivity contribution >= 4 is 28.1 Å². The van der Waals surface area contributed by atoms with Gasteiger partial charge in [0, 0.05) is 7.05 Å². The molecular weight excluding hydrogens is 294 g/mol. The summed E-state index contributed by atoms with van der Waals surface area (Å²) in [6.45, 7) is 0. The van der Waals surface area contributed by atoms with Crippen molar-refractivity contribution in [1.82, 2.24) is 0 Å². The Morgan fingerprint density at radius 2 is 1.57 bits per heavy atom. The molecule has 23 heavy (non-hydrogen) atoms. The van der Waals surface area contributed by atoms with Crippen LogP contribution >= 0.6 is 0 Å². The summed E-state index contributed by atoms with van der Waals surface area (Å²) in [5.74, 6) is -1.22. The molecule has 0 aliphatic rings. The van der Waals surface area contributed by atoms with Crippen LogP contribution in [0.15, 0.2) is 54.6 Å². The summed E-state index contributed by atoms with van der Waals surface area (Å²) in [4.78, 5) is 13.0. The average molecular weight is 309 g/mol. The molecule has 0 fully saturated rings. The van der Waals surface area contributed by atoms with Crippen molar-refractivity contribution in [3.8, 4) is 11.5 Å². The summed E-state index contributed by atoms with van der Waals surface area (Å²) >= 11 is 0. The van der Waals surface area contributed by atoms with Gasteiger partial charge in [0.2, 0.25) is 0 Å². The molecule has 116 valence electrons. The molecular formula is C18H15NO4. The van der Waals surface area contributed by atoms with Crippen LogP contribution in [-0.4, -0.2) is 28.3 Å². The fourth-order valence-corrected chi connectivity index (χ4v) is 2.60. The zero-order valence-corrected chi connectivity index (χ0v) is 12.4. The highest BCUT2D eigenvalue weighted by atomic mass is 16.4. The first kappa shape index (κ1) is 14.7. The molecule has 0 radical (unpaired) electrons. The smallest absolute Gasteiger partial charge is 0.337 e. The molecule has 0 saturated carbocycles. The summed E-state index contributed by atoms with van der Waals surface area (Å²) < 4.78 is 0. The highest BCUT2D eigenvalue weighted by molar-refractivity contribution is 5.97. The lowest BCUT2D eigenvalue weighted by Gasteiger charge is -2.23. The Kier molecular flexibility index (Phi) is 3.54. The van der Waals surface area contributed by atoms with Crippen LogP contribution in [0.4, 0.5) is 11.4 Å². The van der Waals surface area contributed by atoms with Crippen LogP contribution in [0.1, 0.15) is 10.4 Å². The van der Waals surface area contributed by atoms with Crippen molar-refractivity contribution in [3.05, 3.63) is 60.2 Å². The number of hydrogen-bond acceptors (Lipinski definition) is 4. The van der Waals surface area contributed by atoms with Gasteiger partial charge in [-0.1, -0.05) is 24.3 Å². The van der Waals surface area contributed by atoms with E-state index in [4.69, 9.17) is 0 Å². The first-order chi connectivity index (χ1) is 11.0. The van der Waals surface area contributed by atoms with Gasteiger partial charge in [0.25, 0.3) is 0 Å². The fourth-order valence-electron chi connectivity index (χ4n) is 2.60. The third-order valence-corrected chi connectivity index (χ3v) is 3.78. The van der Waals surface area contributed by atoms with Crippen molar-refractivity contribution < 1.29 is 20.1 Å². The maximum atomic E-state index is 11.4. The topological polar surface area (TPSA) is 81.0 Å². The minimum Gasteiger partial charge on any atom is -0.508 e. The quantitative estimate of drug-likeness (QED) is 0.687. The van der Waals surface area contributed by atoms with Gasteiger partial charge >= 0.3 is 5.97 Å². The van der Waals surface area contributed by atoms with Gasteiger partial charge in [-0.15, -0.1) is 0 Å². The minimum atomic E-state index is -1.15. The number of carboxylic acids is 1. The molecule has 3 N–H and O–H groups in total. The monoisotopic (exact) mass is 309 g/mol. The van der Waals surface area contributed by atoms with E-state index in [-0.39, 0.29) is 17.1 Å². The number of aromatic carboxylic acids is 1. The van der Waals surface area contributed by atoms with Gasteiger partial charge in [-0.2, -0.15) is 0 Å². The number of carboxylic acid groups (broad SMARTS) is 1. The van der Waals surface area contributed by atoms with E-state index in [1.54, 1.807) is 24.1 Å². The van der Waals surface area contributed by atoms with E-state index in [1.165, 1.54) is 18.2 Å². The van der Waals surface area contributed by atoms with E-state index in [1.807, 2.05) is 24.3 Å². The summed E-state index contributed by atoms with van der Waals surface area (Å²) in [6.07, 6.45) is 0. The standard InChI is InChI=1S/C18H15NO4/c1-19(15-7-6-13(20)10-14(15)18(22)23)16-8-11-4-2-3-5-12(11)9-17(16)21/h2-10,20-21H,1H3,(H,22,23). The summed E-state index contributed by atoms with van der Waals surface area (Å²) in [5, 5.41) is 30.9. The predicted octanol–water partition coefficient (Wildman–Crippen LogP) is 3.72. The predicted molar refractivity (Wildman–Crippen MR) is 88.7 cm³/mol.